The first-order valence-electron chi connectivity index (χ1n) is 18.5. The van der Waals surface area contributed by atoms with Gasteiger partial charge in [-0.2, -0.15) is 0 Å². The first-order valence-corrected chi connectivity index (χ1v) is 20.0. The van der Waals surface area contributed by atoms with Crippen LogP contribution in [0.4, 0.5) is 0 Å². The molecule has 0 aliphatic rings. The number of rotatable bonds is 33. The molecule has 0 aliphatic carbocycles. The van der Waals surface area contributed by atoms with Crippen molar-refractivity contribution >= 4 is 25.7 Å². The Kier molecular flexibility index (Phi) is 32.0. The molecule has 0 amide bonds. The first kappa shape index (κ1) is 47.9. The zero-order valence-electron chi connectivity index (χ0n) is 30.9. The number of hydrogen-bond donors (Lipinski definition) is 3. The van der Waals surface area contributed by atoms with Crippen LogP contribution in [0.1, 0.15) is 123 Å². The summed E-state index contributed by atoms with van der Waals surface area (Å²) in [6.45, 7) is 2.51. The highest BCUT2D eigenvalue weighted by Gasteiger charge is 2.28. The second kappa shape index (κ2) is 34.0. The van der Waals surface area contributed by atoms with Crippen LogP contribution in [0.25, 0.3) is 0 Å². The fraction of sp³-hybridized carbons (Fsp3) is 0.615. The number of nitrogens with two attached hydrogens (primary N) is 1. The summed E-state index contributed by atoms with van der Waals surface area (Å²) in [6.07, 6.45) is 38.7. The largest absolute Gasteiger partial charge is 0.480 e. The number of esters is 2. The van der Waals surface area contributed by atoms with Crippen LogP contribution < -0.4 is 5.73 Å². The summed E-state index contributed by atoms with van der Waals surface area (Å²) in [5.41, 5.74) is 5.30. The van der Waals surface area contributed by atoms with E-state index in [9.17, 15) is 23.8 Å². The lowest BCUT2D eigenvalue weighted by atomic mass is 10.1. The van der Waals surface area contributed by atoms with Crippen molar-refractivity contribution in [2.45, 2.75) is 135 Å². The number of carbonyl (C=O) groups is 3. The van der Waals surface area contributed by atoms with E-state index in [0.29, 0.717) is 12.8 Å². The van der Waals surface area contributed by atoms with Gasteiger partial charge in [-0.3, -0.25) is 23.4 Å². The summed E-state index contributed by atoms with van der Waals surface area (Å²) in [7, 11) is -4.74. The van der Waals surface area contributed by atoms with Crippen molar-refractivity contribution in [2.24, 2.45) is 5.73 Å². The summed E-state index contributed by atoms with van der Waals surface area (Å²) < 4.78 is 32.4. The zero-order valence-corrected chi connectivity index (χ0v) is 31.8. The lowest BCUT2D eigenvalue weighted by Crippen LogP contribution is -2.34. The van der Waals surface area contributed by atoms with Gasteiger partial charge < -0.3 is 25.2 Å². The molecule has 0 aromatic rings. The van der Waals surface area contributed by atoms with E-state index in [-0.39, 0.29) is 12.8 Å². The molecule has 11 nitrogen and oxygen atoms in total. The van der Waals surface area contributed by atoms with Crippen LogP contribution in [0.3, 0.4) is 0 Å². The molecule has 0 aromatic carbocycles. The Morgan fingerprint density at radius 1 is 0.647 bits per heavy atom. The van der Waals surface area contributed by atoms with E-state index >= 15 is 0 Å². The number of aliphatic carboxylic acids is 1. The van der Waals surface area contributed by atoms with Crippen molar-refractivity contribution in [3.8, 4) is 0 Å². The average molecular weight is 738 g/mol. The third-order valence-electron chi connectivity index (χ3n) is 7.22. The molecular formula is C39H64NO10P. The fourth-order valence-electron chi connectivity index (χ4n) is 4.31. The molecule has 3 atom stereocenters. The maximum absolute atomic E-state index is 12.5. The minimum atomic E-state index is -4.74. The Balaban J connectivity index is 4.65. The number of unbranched alkanes of at least 4 members (excludes halogenated alkanes) is 8. The maximum Gasteiger partial charge on any atom is 0.472 e. The minimum absolute atomic E-state index is 0.0760. The standard InChI is InChI=1S/C39H64NO10P/c1-3-5-7-9-11-13-15-17-18-19-21-23-25-27-29-31-38(42)50-35(33-48-51(45,46)49-34-36(40)39(43)44)32-47-37(41)30-28-26-24-22-20-16-14-12-10-8-6-4-2/h5,7,11-14,17-18,21,23,27,29,35-36H,3-4,6,8-10,15-16,19-20,22,24-26,28,30-34,40H2,1-2H3,(H,43,44)(H,45,46)/b7-5-,13-11-,14-12-,18-17-,23-21-,29-27-. The van der Waals surface area contributed by atoms with Crippen LogP contribution in [-0.2, 0) is 37.5 Å². The fourth-order valence-corrected chi connectivity index (χ4v) is 5.09. The van der Waals surface area contributed by atoms with E-state index in [4.69, 9.17) is 24.8 Å². The van der Waals surface area contributed by atoms with E-state index < -0.39 is 57.7 Å². The summed E-state index contributed by atoms with van der Waals surface area (Å²) >= 11 is 0. The summed E-state index contributed by atoms with van der Waals surface area (Å²) in [4.78, 5) is 45.6. The molecule has 0 aromatic heterocycles. The SMILES string of the molecule is CC/C=C\C/C=C\C/C=C\C/C=C\C/C=C\CC(=O)OC(COC(=O)CCCCCCC/C=C\CCCCC)COP(=O)(O)OCC(N)C(=O)O. The molecular weight excluding hydrogens is 673 g/mol. The van der Waals surface area contributed by atoms with Crippen LogP contribution in [-0.4, -0.2) is 59.9 Å². The topological polar surface area (TPSA) is 172 Å². The van der Waals surface area contributed by atoms with Gasteiger partial charge in [0, 0.05) is 6.42 Å². The number of allylic oxidation sites excluding steroid dienone is 11. The van der Waals surface area contributed by atoms with Gasteiger partial charge in [-0.25, -0.2) is 4.57 Å². The number of hydrogen-bond acceptors (Lipinski definition) is 9. The molecule has 12 heteroatoms. The Morgan fingerprint density at radius 3 is 1.73 bits per heavy atom. The van der Waals surface area contributed by atoms with Crippen molar-refractivity contribution in [1.82, 2.24) is 0 Å². The number of carboxylic acid groups (broad SMARTS) is 1. The normalized spacial score (nSPS) is 14.7. The molecule has 0 saturated carbocycles. The lowest BCUT2D eigenvalue weighted by molar-refractivity contribution is -0.160. The van der Waals surface area contributed by atoms with E-state index in [1.807, 2.05) is 18.2 Å². The van der Waals surface area contributed by atoms with Crippen LogP contribution in [0.15, 0.2) is 72.9 Å². The lowest BCUT2D eigenvalue weighted by Gasteiger charge is -2.20. The van der Waals surface area contributed by atoms with Gasteiger partial charge in [-0.15, -0.1) is 0 Å². The highest BCUT2D eigenvalue weighted by atomic mass is 31.2. The first-order chi connectivity index (χ1) is 24.6. The predicted molar refractivity (Wildman–Crippen MR) is 203 cm³/mol. The number of carboxylic acids is 1. The van der Waals surface area contributed by atoms with Crippen LogP contribution in [0.2, 0.25) is 0 Å². The van der Waals surface area contributed by atoms with Gasteiger partial charge in [0.25, 0.3) is 0 Å². The van der Waals surface area contributed by atoms with Gasteiger partial charge in [-0.05, 0) is 64.2 Å². The molecule has 0 saturated heterocycles. The number of ether oxygens (including phenoxy) is 2. The molecule has 0 heterocycles. The van der Waals surface area contributed by atoms with E-state index in [2.05, 4.69) is 67.0 Å². The zero-order chi connectivity index (χ0) is 37.8. The van der Waals surface area contributed by atoms with Crippen LogP contribution >= 0.6 is 7.82 Å². The summed E-state index contributed by atoms with van der Waals surface area (Å²) in [5.74, 6) is -2.56. The van der Waals surface area contributed by atoms with Gasteiger partial charge in [-0.1, -0.05) is 119 Å². The molecule has 0 bridgehead atoms. The van der Waals surface area contributed by atoms with Crippen molar-refractivity contribution in [2.75, 3.05) is 19.8 Å². The van der Waals surface area contributed by atoms with E-state index in [1.54, 1.807) is 6.08 Å². The van der Waals surface area contributed by atoms with Crippen LogP contribution in [0.5, 0.6) is 0 Å². The quantitative estimate of drug-likeness (QED) is 0.0254. The average Bonchev–Trinajstić information content (AvgIpc) is 3.10. The smallest absolute Gasteiger partial charge is 0.472 e. The molecule has 0 radical (unpaired) electrons. The molecule has 0 rings (SSSR count). The van der Waals surface area contributed by atoms with Crippen LogP contribution in [0, 0.1) is 0 Å². The Hall–Kier alpha value is -3.08. The summed E-state index contributed by atoms with van der Waals surface area (Å²) in [5, 5.41) is 8.85. The molecule has 3 unspecified atom stereocenters. The number of phosphoric ester groups is 1. The van der Waals surface area contributed by atoms with Gasteiger partial charge in [0.1, 0.15) is 12.6 Å². The predicted octanol–water partition coefficient (Wildman–Crippen LogP) is 9.00. The van der Waals surface area contributed by atoms with Gasteiger partial charge in [0.2, 0.25) is 0 Å². The van der Waals surface area contributed by atoms with Crippen molar-refractivity contribution in [3.05, 3.63) is 72.9 Å². The maximum atomic E-state index is 12.5. The second-order valence-electron chi connectivity index (χ2n) is 12.0. The highest BCUT2D eigenvalue weighted by molar-refractivity contribution is 7.47. The minimum Gasteiger partial charge on any atom is -0.480 e. The molecule has 0 spiro atoms. The van der Waals surface area contributed by atoms with Crippen molar-refractivity contribution < 1.29 is 47.5 Å². The Morgan fingerprint density at radius 2 is 1.16 bits per heavy atom. The third-order valence-corrected chi connectivity index (χ3v) is 8.17. The monoisotopic (exact) mass is 737 g/mol. The molecule has 0 fully saturated rings. The van der Waals surface area contributed by atoms with E-state index in [1.165, 1.54) is 19.3 Å². The molecule has 0 aliphatic heterocycles. The van der Waals surface area contributed by atoms with E-state index in [0.717, 1.165) is 64.2 Å². The highest BCUT2D eigenvalue weighted by Crippen LogP contribution is 2.43. The second-order valence-corrected chi connectivity index (χ2v) is 13.4. The molecule has 51 heavy (non-hydrogen) atoms. The van der Waals surface area contributed by atoms with Gasteiger partial charge in [0.05, 0.1) is 19.6 Å². The Bertz CT molecular complexity index is 1140. The molecule has 290 valence electrons. The van der Waals surface area contributed by atoms with Gasteiger partial charge >= 0.3 is 25.7 Å². The van der Waals surface area contributed by atoms with Crippen molar-refractivity contribution in [1.29, 1.82) is 0 Å². The summed E-state index contributed by atoms with van der Waals surface area (Å²) in [6, 6.07) is -1.54. The van der Waals surface area contributed by atoms with Gasteiger partial charge in [0.15, 0.2) is 6.10 Å². The van der Waals surface area contributed by atoms with Crippen molar-refractivity contribution in [3.63, 3.8) is 0 Å². The molecule has 4 N–H and O–H groups in total. The third kappa shape index (κ3) is 33.8. The number of phosphoric acid groups is 1. The number of carbonyl (C=O) groups excluding carboxylic acids is 2. The Labute approximate surface area is 306 Å².